The molecular weight excluding hydrogens is 222 g/mol. The lowest BCUT2D eigenvalue weighted by Gasteiger charge is -2.10. The molecule has 0 aromatic heterocycles. The highest BCUT2D eigenvalue weighted by atomic mass is 16.5. The molecule has 0 saturated heterocycles. The molecule has 1 rings (SSSR count). The van der Waals surface area contributed by atoms with Crippen LogP contribution in [0.2, 0.25) is 0 Å². The normalized spacial score (nSPS) is 9.71. The molecule has 5 heteroatoms. The lowest BCUT2D eigenvalue weighted by atomic mass is 10.1. The molecule has 0 fully saturated rings. The summed E-state index contributed by atoms with van der Waals surface area (Å²) in [5.74, 6) is -1.74. The van der Waals surface area contributed by atoms with Gasteiger partial charge in [0.05, 0.1) is 6.54 Å². The highest BCUT2D eigenvalue weighted by Gasteiger charge is 2.09. The Labute approximate surface area is 99.4 Å². The minimum absolute atomic E-state index is 0.170. The number of nitrogens with one attached hydrogen (secondary N) is 1. The molecular formula is C12H15NO4. The van der Waals surface area contributed by atoms with Gasteiger partial charge in [-0.05, 0) is 18.1 Å². The maximum atomic E-state index is 10.7. The van der Waals surface area contributed by atoms with Crippen molar-refractivity contribution < 1.29 is 19.4 Å². The van der Waals surface area contributed by atoms with Crippen LogP contribution < -0.4 is 10.1 Å². The summed E-state index contributed by atoms with van der Waals surface area (Å²) >= 11 is 0. The number of amides is 1. The molecule has 17 heavy (non-hydrogen) atoms. The first-order valence-corrected chi connectivity index (χ1v) is 5.37. The third-order valence-electron chi connectivity index (χ3n) is 2.19. The Morgan fingerprint density at radius 1 is 1.35 bits per heavy atom. The van der Waals surface area contributed by atoms with Crippen LogP contribution in [-0.2, 0) is 16.0 Å². The number of hydrogen-bond acceptors (Lipinski definition) is 3. The summed E-state index contributed by atoms with van der Waals surface area (Å²) in [6, 6.07) is 7.60. The molecule has 0 aliphatic carbocycles. The number of aliphatic carboxylic acids is 1. The smallest absolute Gasteiger partial charge is 0.394 e. The van der Waals surface area contributed by atoms with Crippen molar-refractivity contribution in [1.82, 2.24) is 5.32 Å². The van der Waals surface area contributed by atoms with E-state index in [1.54, 1.807) is 0 Å². The number of carboxylic acid groups (broad SMARTS) is 1. The van der Waals surface area contributed by atoms with Crippen LogP contribution in [0.15, 0.2) is 24.3 Å². The van der Waals surface area contributed by atoms with Gasteiger partial charge < -0.3 is 15.2 Å². The van der Waals surface area contributed by atoms with E-state index in [0.29, 0.717) is 0 Å². The Balaban J connectivity index is 2.36. The fraction of sp³-hybridized carbons (Fsp3) is 0.333. The summed E-state index contributed by atoms with van der Waals surface area (Å²) in [6.45, 7) is 2.44. The van der Waals surface area contributed by atoms with Gasteiger partial charge in [-0.1, -0.05) is 25.1 Å². The molecule has 1 amide bonds. The summed E-state index contributed by atoms with van der Waals surface area (Å²) in [5.41, 5.74) is 1.08. The zero-order valence-electron chi connectivity index (χ0n) is 9.60. The van der Waals surface area contributed by atoms with Crippen LogP contribution in [0.4, 0.5) is 0 Å². The molecule has 0 bridgehead atoms. The average molecular weight is 237 g/mol. The molecule has 92 valence electrons. The van der Waals surface area contributed by atoms with Crippen molar-refractivity contribution in [1.29, 1.82) is 0 Å². The first-order valence-electron chi connectivity index (χ1n) is 5.37. The zero-order chi connectivity index (χ0) is 12.7. The van der Waals surface area contributed by atoms with Crippen LogP contribution in [0, 0.1) is 0 Å². The lowest BCUT2D eigenvalue weighted by molar-refractivity contribution is -0.150. The Morgan fingerprint density at radius 2 is 2.06 bits per heavy atom. The molecule has 1 aromatic carbocycles. The second kappa shape index (κ2) is 6.52. The molecule has 0 heterocycles. The number of ether oxygens (including phenoxy) is 1. The summed E-state index contributed by atoms with van der Waals surface area (Å²) < 4.78 is 5.45. The van der Waals surface area contributed by atoms with E-state index >= 15 is 0 Å². The molecule has 0 aliphatic heterocycles. The van der Waals surface area contributed by atoms with Gasteiger partial charge in [0.25, 0.3) is 0 Å². The third kappa shape index (κ3) is 4.14. The van der Waals surface area contributed by atoms with Gasteiger partial charge in [0, 0.05) is 0 Å². The number of rotatable bonds is 5. The van der Waals surface area contributed by atoms with E-state index < -0.39 is 11.9 Å². The van der Waals surface area contributed by atoms with Crippen LogP contribution in [0.25, 0.3) is 0 Å². The number of carbonyl (C=O) groups is 2. The van der Waals surface area contributed by atoms with Gasteiger partial charge in [-0.3, -0.25) is 4.79 Å². The van der Waals surface area contributed by atoms with Crippen molar-refractivity contribution in [2.75, 3.05) is 13.2 Å². The topological polar surface area (TPSA) is 75.6 Å². The van der Waals surface area contributed by atoms with Crippen LogP contribution in [0.3, 0.4) is 0 Å². The average Bonchev–Trinajstić information content (AvgIpc) is 2.34. The minimum Gasteiger partial charge on any atom is -0.491 e. The Kier molecular flexibility index (Phi) is 5.00. The van der Waals surface area contributed by atoms with E-state index in [2.05, 4.69) is 5.32 Å². The largest absolute Gasteiger partial charge is 0.491 e. The van der Waals surface area contributed by atoms with E-state index in [-0.39, 0.29) is 13.2 Å². The minimum atomic E-state index is -1.49. The third-order valence-corrected chi connectivity index (χ3v) is 2.19. The molecule has 1 aromatic rings. The SMILES string of the molecule is CCc1ccccc1OCCNC(=O)C(=O)O. The molecule has 0 aliphatic rings. The van der Waals surface area contributed by atoms with Crippen molar-refractivity contribution in [3.05, 3.63) is 29.8 Å². The number of para-hydroxylation sites is 1. The van der Waals surface area contributed by atoms with Crippen molar-refractivity contribution in [2.45, 2.75) is 13.3 Å². The van der Waals surface area contributed by atoms with E-state index in [9.17, 15) is 9.59 Å². The number of carbonyl (C=O) groups excluding carboxylic acids is 1. The predicted octanol–water partition coefficient (Wildman–Crippen LogP) is 0.829. The highest BCUT2D eigenvalue weighted by molar-refractivity contribution is 6.31. The highest BCUT2D eigenvalue weighted by Crippen LogP contribution is 2.17. The van der Waals surface area contributed by atoms with Gasteiger partial charge in [-0.25, -0.2) is 4.79 Å². The van der Waals surface area contributed by atoms with Gasteiger partial charge in [-0.15, -0.1) is 0 Å². The van der Waals surface area contributed by atoms with Gasteiger partial charge >= 0.3 is 11.9 Å². The van der Waals surface area contributed by atoms with Gasteiger partial charge in [-0.2, -0.15) is 0 Å². The van der Waals surface area contributed by atoms with Crippen LogP contribution in [0.5, 0.6) is 5.75 Å². The maximum absolute atomic E-state index is 10.7. The number of hydrogen-bond donors (Lipinski definition) is 2. The molecule has 0 saturated carbocycles. The number of benzene rings is 1. The van der Waals surface area contributed by atoms with Crippen LogP contribution in [0.1, 0.15) is 12.5 Å². The first-order chi connectivity index (χ1) is 8.15. The quantitative estimate of drug-likeness (QED) is 0.587. The summed E-state index contributed by atoms with van der Waals surface area (Å²) in [4.78, 5) is 20.9. The molecule has 0 spiro atoms. The van der Waals surface area contributed by atoms with Crippen LogP contribution >= 0.6 is 0 Å². The van der Waals surface area contributed by atoms with Gasteiger partial charge in [0.15, 0.2) is 0 Å². The second-order valence-corrected chi connectivity index (χ2v) is 3.37. The lowest BCUT2D eigenvalue weighted by Crippen LogP contribution is -2.33. The summed E-state index contributed by atoms with van der Waals surface area (Å²) in [5, 5.41) is 10.6. The maximum Gasteiger partial charge on any atom is 0.394 e. The summed E-state index contributed by atoms with van der Waals surface area (Å²) in [7, 11) is 0. The van der Waals surface area contributed by atoms with E-state index in [4.69, 9.17) is 9.84 Å². The first kappa shape index (κ1) is 13.0. The Hall–Kier alpha value is -2.04. The fourth-order valence-electron chi connectivity index (χ4n) is 1.34. The molecule has 5 nitrogen and oxygen atoms in total. The Morgan fingerprint density at radius 3 is 2.71 bits per heavy atom. The van der Waals surface area contributed by atoms with Crippen molar-refractivity contribution >= 4 is 11.9 Å². The standard InChI is InChI=1S/C12H15NO4/c1-2-9-5-3-4-6-10(9)17-8-7-13-11(14)12(15)16/h3-6H,2,7-8H2,1H3,(H,13,14)(H,15,16). The molecule has 0 unspecified atom stereocenters. The van der Waals surface area contributed by atoms with Crippen LogP contribution in [-0.4, -0.2) is 30.1 Å². The predicted molar refractivity (Wildman–Crippen MR) is 62.0 cm³/mol. The van der Waals surface area contributed by atoms with Gasteiger partial charge in [0.2, 0.25) is 0 Å². The van der Waals surface area contributed by atoms with E-state index in [1.807, 2.05) is 31.2 Å². The molecule has 0 atom stereocenters. The molecule has 0 radical (unpaired) electrons. The van der Waals surface area contributed by atoms with Crippen molar-refractivity contribution in [2.24, 2.45) is 0 Å². The Bertz CT molecular complexity index is 403. The van der Waals surface area contributed by atoms with Crippen molar-refractivity contribution in [3.8, 4) is 5.75 Å². The number of aryl methyl sites for hydroxylation is 1. The second-order valence-electron chi connectivity index (χ2n) is 3.37. The van der Waals surface area contributed by atoms with E-state index in [1.165, 1.54) is 0 Å². The number of carboxylic acids is 1. The fourth-order valence-corrected chi connectivity index (χ4v) is 1.34. The zero-order valence-corrected chi connectivity index (χ0v) is 9.60. The van der Waals surface area contributed by atoms with Gasteiger partial charge in [0.1, 0.15) is 12.4 Å². The van der Waals surface area contributed by atoms with Crippen molar-refractivity contribution in [3.63, 3.8) is 0 Å². The monoisotopic (exact) mass is 237 g/mol. The molecule has 2 N–H and O–H groups in total. The van der Waals surface area contributed by atoms with E-state index in [0.717, 1.165) is 17.7 Å². The summed E-state index contributed by atoms with van der Waals surface area (Å²) in [6.07, 6.45) is 0.859.